The van der Waals surface area contributed by atoms with E-state index in [1.54, 1.807) is 17.7 Å². The second-order valence-corrected chi connectivity index (χ2v) is 3.75. The zero-order valence-corrected chi connectivity index (χ0v) is 9.00. The van der Waals surface area contributed by atoms with Gasteiger partial charge in [-0.3, -0.25) is 9.59 Å². The van der Waals surface area contributed by atoms with Gasteiger partial charge in [-0.2, -0.15) is 0 Å². The molecule has 0 aliphatic carbocycles. The zero-order chi connectivity index (χ0) is 10.9. The summed E-state index contributed by atoms with van der Waals surface area (Å²) in [5, 5.41) is 0. The molecule has 0 radical (unpaired) electrons. The van der Waals surface area contributed by atoms with Crippen LogP contribution in [0.1, 0.15) is 42.7 Å². The largest absolute Gasteiger partial charge is 0.315 e. The lowest BCUT2D eigenvalue weighted by Crippen LogP contribution is -2.26. The van der Waals surface area contributed by atoms with E-state index < -0.39 is 0 Å². The Balaban J connectivity index is 3.42. The lowest BCUT2D eigenvalue weighted by Gasteiger charge is -2.11. The van der Waals surface area contributed by atoms with Gasteiger partial charge in [-0.15, -0.1) is 0 Å². The number of rotatable bonds is 2. The highest BCUT2D eigenvalue weighted by Crippen LogP contribution is 2.11. The number of hydrogen-bond acceptors (Lipinski definition) is 2. The van der Waals surface area contributed by atoms with Gasteiger partial charge < -0.3 is 4.57 Å². The molecule has 3 heteroatoms. The number of nitrogens with zero attached hydrogens (tertiary/aromatic N) is 1. The molecule has 1 aromatic rings. The standard InChI is InChI=1S/C11H15NO2/c1-7(2)10-6-5-9(8(3)13)11(14)12(10)4/h5-7H,1-4H3. The summed E-state index contributed by atoms with van der Waals surface area (Å²) in [6.45, 7) is 5.44. The number of pyridine rings is 1. The Morgan fingerprint density at radius 1 is 1.36 bits per heavy atom. The van der Waals surface area contributed by atoms with E-state index >= 15 is 0 Å². The minimum atomic E-state index is -0.205. The molecular weight excluding hydrogens is 178 g/mol. The quantitative estimate of drug-likeness (QED) is 0.671. The lowest BCUT2D eigenvalue weighted by atomic mass is 10.1. The summed E-state index contributed by atoms with van der Waals surface area (Å²) in [6, 6.07) is 3.45. The topological polar surface area (TPSA) is 39.1 Å². The van der Waals surface area contributed by atoms with Gasteiger partial charge in [0.25, 0.3) is 5.56 Å². The predicted octanol–water partition coefficient (Wildman–Crippen LogP) is 1.71. The molecule has 0 aliphatic heterocycles. The highest BCUT2D eigenvalue weighted by molar-refractivity contribution is 5.93. The molecule has 0 saturated carbocycles. The average Bonchev–Trinajstić information content (AvgIpc) is 2.08. The summed E-state index contributed by atoms with van der Waals surface area (Å²) in [4.78, 5) is 22.8. The van der Waals surface area contributed by atoms with Crippen molar-refractivity contribution in [3.05, 3.63) is 33.7 Å². The molecule has 0 spiro atoms. The lowest BCUT2D eigenvalue weighted by molar-refractivity contribution is 0.101. The Hall–Kier alpha value is -1.38. The second-order valence-electron chi connectivity index (χ2n) is 3.75. The molecule has 0 aromatic carbocycles. The molecule has 0 N–H and O–H groups in total. The average molecular weight is 193 g/mol. The van der Waals surface area contributed by atoms with Crippen molar-refractivity contribution in [3.63, 3.8) is 0 Å². The monoisotopic (exact) mass is 193 g/mol. The molecular formula is C11H15NO2. The van der Waals surface area contributed by atoms with Crippen LogP contribution >= 0.6 is 0 Å². The predicted molar refractivity (Wildman–Crippen MR) is 55.8 cm³/mol. The third-order valence-corrected chi connectivity index (χ3v) is 2.31. The molecule has 1 aromatic heterocycles. The fourth-order valence-corrected chi connectivity index (χ4v) is 1.50. The van der Waals surface area contributed by atoms with E-state index in [4.69, 9.17) is 0 Å². The molecule has 0 atom stereocenters. The first-order valence-electron chi connectivity index (χ1n) is 4.66. The molecule has 0 bridgehead atoms. The SMILES string of the molecule is CC(=O)c1ccc(C(C)C)n(C)c1=O. The van der Waals surface area contributed by atoms with Crippen LogP contribution < -0.4 is 5.56 Å². The minimum Gasteiger partial charge on any atom is -0.315 e. The van der Waals surface area contributed by atoms with E-state index in [2.05, 4.69) is 0 Å². The van der Waals surface area contributed by atoms with Crippen LogP contribution in [0.15, 0.2) is 16.9 Å². The first-order chi connectivity index (χ1) is 6.45. The van der Waals surface area contributed by atoms with Crippen molar-refractivity contribution in [1.29, 1.82) is 0 Å². The van der Waals surface area contributed by atoms with Crippen LogP contribution in [0.25, 0.3) is 0 Å². The molecule has 76 valence electrons. The van der Waals surface area contributed by atoms with Gasteiger partial charge >= 0.3 is 0 Å². The van der Waals surface area contributed by atoms with E-state index in [-0.39, 0.29) is 22.8 Å². The third kappa shape index (κ3) is 1.76. The summed E-state index contributed by atoms with van der Waals surface area (Å²) < 4.78 is 1.54. The van der Waals surface area contributed by atoms with Crippen LogP contribution in [-0.4, -0.2) is 10.4 Å². The van der Waals surface area contributed by atoms with E-state index in [1.165, 1.54) is 6.92 Å². The van der Waals surface area contributed by atoms with Gasteiger partial charge in [-0.25, -0.2) is 0 Å². The van der Waals surface area contributed by atoms with Crippen molar-refractivity contribution < 1.29 is 4.79 Å². The molecule has 0 fully saturated rings. The van der Waals surface area contributed by atoms with Gasteiger partial charge in [0.1, 0.15) is 0 Å². The van der Waals surface area contributed by atoms with Gasteiger partial charge in [0, 0.05) is 12.7 Å². The van der Waals surface area contributed by atoms with Crippen LogP contribution in [0.4, 0.5) is 0 Å². The maximum Gasteiger partial charge on any atom is 0.261 e. The Kier molecular flexibility index (Phi) is 2.89. The van der Waals surface area contributed by atoms with Crippen molar-refractivity contribution in [2.24, 2.45) is 7.05 Å². The van der Waals surface area contributed by atoms with Gasteiger partial charge in [0.05, 0.1) is 5.56 Å². The van der Waals surface area contributed by atoms with Crippen LogP contribution in [0.3, 0.4) is 0 Å². The van der Waals surface area contributed by atoms with E-state index in [0.29, 0.717) is 0 Å². The fraction of sp³-hybridized carbons (Fsp3) is 0.455. The minimum absolute atomic E-state index is 0.180. The highest BCUT2D eigenvalue weighted by Gasteiger charge is 2.10. The molecule has 1 heterocycles. The summed E-state index contributed by atoms with van der Waals surface area (Å²) in [5.41, 5.74) is 1.00. The van der Waals surface area contributed by atoms with Crippen molar-refractivity contribution in [3.8, 4) is 0 Å². The van der Waals surface area contributed by atoms with Crippen molar-refractivity contribution >= 4 is 5.78 Å². The molecule has 0 unspecified atom stereocenters. The van der Waals surface area contributed by atoms with Gasteiger partial charge in [0.2, 0.25) is 0 Å². The number of ketones is 1. The van der Waals surface area contributed by atoms with Crippen molar-refractivity contribution in [2.75, 3.05) is 0 Å². The number of aromatic nitrogens is 1. The number of carbonyl (C=O) groups is 1. The third-order valence-electron chi connectivity index (χ3n) is 2.31. The Morgan fingerprint density at radius 3 is 2.36 bits per heavy atom. The molecule has 0 aliphatic rings. The molecule has 0 saturated heterocycles. The van der Waals surface area contributed by atoms with E-state index in [9.17, 15) is 9.59 Å². The molecule has 3 nitrogen and oxygen atoms in total. The first-order valence-corrected chi connectivity index (χ1v) is 4.66. The van der Waals surface area contributed by atoms with Gasteiger partial charge in [-0.1, -0.05) is 13.8 Å². The van der Waals surface area contributed by atoms with Crippen molar-refractivity contribution in [2.45, 2.75) is 26.7 Å². The summed E-state index contributed by atoms with van der Waals surface area (Å²) in [7, 11) is 1.70. The highest BCUT2D eigenvalue weighted by atomic mass is 16.1. The Bertz CT molecular complexity index is 416. The molecule has 0 amide bonds. The van der Waals surface area contributed by atoms with Gasteiger partial charge in [0.15, 0.2) is 5.78 Å². The van der Waals surface area contributed by atoms with Crippen LogP contribution in [-0.2, 0) is 7.05 Å². The fourth-order valence-electron chi connectivity index (χ4n) is 1.50. The zero-order valence-electron chi connectivity index (χ0n) is 9.00. The van der Waals surface area contributed by atoms with E-state index in [0.717, 1.165) is 5.69 Å². The van der Waals surface area contributed by atoms with Crippen LogP contribution in [0, 0.1) is 0 Å². The maximum atomic E-state index is 11.7. The van der Waals surface area contributed by atoms with Crippen LogP contribution in [0.2, 0.25) is 0 Å². The Morgan fingerprint density at radius 2 is 1.93 bits per heavy atom. The Labute approximate surface area is 83.4 Å². The maximum absolute atomic E-state index is 11.7. The van der Waals surface area contributed by atoms with E-state index in [1.807, 2.05) is 19.9 Å². The summed E-state index contributed by atoms with van der Waals surface area (Å²) in [6.07, 6.45) is 0. The summed E-state index contributed by atoms with van der Waals surface area (Å²) >= 11 is 0. The number of hydrogen-bond donors (Lipinski definition) is 0. The first kappa shape index (κ1) is 10.7. The summed E-state index contributed by atoms with van der Waals surface area (Å²) in [5.74, 6) is 0.106. The second kappa shape index (κ2) is 3.78. The molecule has 14 heavy (non-hydrogen) atoms. The molecule has 1 rings (SSSR count). The van der Waals surface area contributed by atoms with Gasteiger partial charge in [-0.05, 0) is 25.0 Å². The number of carbonyl (C=O) groups excluding carboxylic acids is 1. The number of Topliss-reactive ketones (excluding diaryl/α,β-unsaturated/α-hetero) is 1. The smallest absolute Gasteiger partial charge is 0.261 e. The van der Waals surface area contributed by atoms with Crippen molar-refractivity contribution in [1.82, 2.24) is 4.57 Å². The van der Waals surface area contributed by atoms with Crippen LogP contribution in [0.5, 0.6) is 0 Å². The normalized spacial score (nSPS) is 10.6.